The van der Waals surface area contributed by atoms with Crippen molar-refractivity contribution in [1.82, 2.24) is 13.5 Å². The Hall–Kier alpha value is -0.210. The molecule has 3 aliphatic rings. The van der Waals surface area contributed by atoms with E-state index in [2.05, 4.69) is 4.90 Å². The maximum absolute atomic E-state index is 12.8. The van der Waals surface area contributed by atoms with Gasteiger partial charge in [-0.3, -0.25) is 0 Å². The van der Waals surface area contributed by atoms with Crippen molar-refractivity contribution in [3.05, 3.63) is 0 Å². The van der Waals surface area contributed by atoms with E-state index < -0.39 is 10.2 Å². The van der Waals surface area contributed by atoms with E-state index in [0.29, 0.717) is 32.8 Å². The third-order valence-electron chi connectivity index (χ3n) is 4.83. The van der Waals surface area contributed by atoms with E-state index in [1.165, 1.54) is 19.3 Å². The second kappa shape index (κ2) is 6.91. The molecule has 1 atom stereocenters. The fraction of sp³-hybridized carbons (Fsp3) is 1.00. The Morgan fingerprint density at radius 3 is 2.33 bits per heavy atom. The van der Waals surface area contributed by atoms with Crippen LogP contribution in [0.2, 0.25) is 0 Å². The van der Waals surface area contributed by atoms with Crippen molar-refractivity contribution in [2.75, 3.05) is 52.5 Å². The SMILES string of the molecule is O=S(=O)(N1CCOCC1)N1CCCC1CN1CCCCC1. The van der Waals surface area contributed by atoms with Gasteiger partial charge in [0.1, 0.15) is 0 Å². The Kier molecular flexibility index (Phi) is 5.16. The number of hydrogen-bond acceptors (Lipinski definition) is 4. The van der Waals surface area contributed by atoms with Crippen molar-refractivity contribution < 1.29 is 13.2 Å². The van der Waals surface area contributed by atoms with Gasteiger partial charge in [0.2, 0.25) is 0 Å². The van der Waals surface area contributed by atoms with E-state index in [-0.39, 0.29) is 6.04 Å². The first-order valence-corrected chi connectivity index (χ1v) is 9.64. The van der Waals surface area contributed by atoms with E-state index >= 15 is 0 Å². The molecule has 7 heteroatoms. The molecular weight excluding hydrogens is 290 g/mol. The van der Waals surface area contributed by atoms with E-state index in [1.807, 2.05) is 0 Å². The van der Waals surface area contributed by atoms with Gasteiger partial charge in [0, 0.05) is 32.2 Å². The topological polar surface area (TPSA) is 53.1 Å². The minimum atomic E-state index is -3.30. The lowest BCUT2D eigenvalue weighted by Gasteiger charge is -2.35. The van der Waals surface area contributed by atoms with Crippen LogP contribution in [0.15, 0.2) is 0 Å². The second-order valence-electron chi connectivity index (χ2n) is 6.29. The van der Waals surface area contributed by atoms with Gasteiger partial charge in [-0.2, -0.15) is 17.0 Å². The van der Waals surface area contributed by atoms with Gasteiger partial charge in [-0.05, 0) is 38.8 Å². The predicted molar refractivity (Wildman–Crippen MR) is 81.3 cm³/mol. The van der Waals surface area contributed by atoms with Crippen molar-refractivity contribution in [2.24, 2.45) is 0 Å². The van der Waals surface area contributed by atoms with Crippen LogP contribution in [0.25, 0.3) is 0 Å². The number of ether oxygens (including phenoxy) is 1. The Morgan fingerprint density at radius 2 is 1.62 bits per heavy atom. The van der Waals surface area contributed by atoms with E-state index in [1.54, 1.807) is 8.61 Å². The van der Waals surface area contributed by atoms with Crippen LogP contribution in [0, 0.1) is 0 Å². The monoisotopic (exact) mass is 317 g/mol. The Bertz CT molecular complexity index is 431. The summed E-state index contributed by atoms with van der Waals surface area (Å²) >= 11 is 0. The highest BCUT2D eigenvalue weighted by Gasteiger charge is 2.39. The molecule has 3 heterocycles. The maximum Gasteiger partial charge on any atom is 0.282 e. The van der Waals surface area contributed by atoms with Crippen LogP contribution in [-0.4, -0.2) is 80.5 Å². The fourth-order valence-corrected chi connectivity index (χ4v) is 5.48. The second-order valence-corrected chi connectivity index (χ2v) is 8.17. The molecule has 3 fully saturated rings. The highest BCUT2D eigenvalue weighted by Crippen LogP contribution is 2.25. The summed E-state index contributed by atoms with van der Waals surface area (Å²) < 4.78 is 34.3. The third-order valence-corrected chi connectivity index (χ3v) is 6.92. The lowest BCUT2D eigenvalue weighted by Crippen LogP contribution is -2.52. The average molecular weight is 317 g/mol. The molecule has 122 valence electrons. The summed E-state index contributed by atoms with van der Waals surface area (Å²) in [4.78, 5) is 2.45. The number of rotatable bonds is 4. The van der Waals surface area contributed by atoms with Crippen LogP contribution < -0.4 is 0 Å². The fourth-order valence-electron chi connectivity index (χ4n) is 3.66. The molecule has 21 heavy (non-hydrogen) atoms. The molecule has 0 saturated carbocycles. The molecule has 0 aliphatic carbocycles. The lowest BCUT2D eigenvalue weighted by molar-refractivity contribution is 0.0693. The van der Waals surface area contributed by atoms with Gasteiger partial charge in [0.15, 0.2) is 0 Å². The summed E-state index contributed by atoms with van der Waals surface area (Å²) in [5.74, 6) is 0. The van der Waals surface area contributed by atoms with Crippen LogP contribution in [-0.2, 0) is 14.9 Å². The molecule has 0 spiro atoms. The zero-order valence-electron chi connectivity index (χ0n) is 12.7. The normalized spacial score (nSPS) is 30.8. The molecule has 0 aromatic rings. The molecule has 0 aromatic carbocycles. The molecular formula is C14H27N3O3S. The average Bonchev–Trinajstić information content (AvgIpc) is 2.98. The predicted octanol–water partition coefficient (Wildman–Crippen LogP) is 0.514. The number of likely N-dealkylation sites (tertiary alicyclic amines) is 1. The molecule has 3 aliphatic heterocycles. The largest absolute Gasteiger partial charge is 0.379 e. The first kappa shape index (κ1) is 15.7. The van der Waals surface area contributed by atoms with Crippen LogP contribution in [0.3, 0.4) is 0 Å². The smallest absolute Gasteiger partial charge is 0.282 e. The van der Waals surface area contributed by atoms with E-state index in [4.69, 9.17) is 4.74 Å². The van der Waals surface area contributed by atoms with Gasteiger partial charge in [0.25, 0.3) is 10.2 Å². The minimum Gasteiger partial charge on any atom is -0.379 e. The highest BCUT2D eigenvalue weighted by molar-refractivity contribution is 7.86. The van der Waals surface area contributed by atoms with Gasteiger partial charge >= 0.3 is 0 Å². The summed E-state index contributed by atoms with van der Waals surface area (Å²) in [6.07, 6.45) is 5.81. The van der Waals surface area contributed by atoms with Crippen molar-refractivity contribution in [2.45, 2.75) is 38.1 Å². The zero-order chi connectivity index (χ0) is 14.7. The number of hydrogen-bond donors (Lipinski definition) is 0. The molecule has 1 unspecified atom stereocenters. The number of piperidine rings is 1. The summed E-state index contributed by atoms with van der Waals surface area (Å²) in [6.45, 7) is 5.86. The molecule has 0 N–H and O–H groups in total. The van der Waals surface area contributed by atoms with Crippen molar-refractivity contribution in [1.29, 1.82) is 0 Å². The number of nitrogens with zero attached hydrogens (tertiary/aromatic N) is 3. The van der Waals surface area contributed by atoms with Crippen LogP contribution in [0.4, 0.5) is 0 Å². The first-order chi connectivity index (χ1) is 10.2. The Morgan fingerprint density at radius 1 is 0.905 bits per heavy atom. The summed E-state index contributed by atoms with van der Waals surface area (Å²) in [5, 5.41) is 0. The van der Waals surface area contributed by atoms with Gasteiger partial charge in [-0.1, -0.05) is 6.42 Å². The van der Waals surface area contributed by atoms with E-state index in [9.17, 15) is 8.42 Å². The lowest BCUT2D eigenvalue weighted by atomic mass is 10.1. The first-order valence-electron chi connectivity index (χ1n) is 8.25. The molecule has 0 aromatic heterocycles. The van der Waals surface area contributed by atoms with Crippen LogP contribution >= 0.6 is 0 Å². The van der Waals surface area contributed by atoms with Crippen LogP contribution in [0.5, 0.6) is 0 Å². The van der Waals surface area contributed by atoms with Crippen molar-refractivity contribution in [3.63, 3.8) is 0 Å². The standard InChI is InChI=1S/C14H27N3O3S/c18-21(19,16-9-11-20-12-10-16)17-8-4-5-14(17)13-15-6-2-1-3-7-15/h14H,1-13H2. The maximum atomic E-state index is 12.8. The van der Waals surface area contributed by atoms with Crippen molar-refractivity contribution >= 4 is 10.2 Å². The minimum absolute atomic E-state index is 0.163. The Labute approximate surface area is 128 Å². The molecule has 0 amide bonds. The zero-order valence-corrected chi connectivity index (χ0v) is 13.6. The molecule has 0 bridgehead atoms. The van der Waals surface area contributed by atoms with Gasteiger partial charge in [-0.15, -0.1) is 0 Å². The molecule has 6 nitrogen and oxygen atoms in total. The summed E-state index contributed by atoms with van der Waals surface area (Å²) in [6, 6.07) is 0.163. The quantitative estimate of drug-likeness (QED) is 0.758. The van der Waals surface area contributed by atoms with Gasteiger partial charge < -0.3 is 9.64 Å². The summed E-state index contributed by atoms with van der Waals surface area (Å²) in [7, 11) is -3.30. The van der Waals surface area contributed by atoms with Crippen LogP contribution in [0.1, 0.15) is 32.1 Å². The highest BCUT2D eigenvalue weighted by atomic mass is 32.2. The summed E-state index contributed by atoms with van der Waals surface area (Å²) in [5.41, 5.74) is 0. The molecule has 3 saturated heterocycles. The molecule has 3 rings (SSSR count). The Balaban J connectivity index is 1.64. The van der Waals surface area contributed by atoms with Crippen molar-refractivity contribution in [3.8, 4) is 0 Å². The number of morpholine rings is 1. The van der Waals surface area contributed by atoms with E-state index in [0.717, 1.165) is 32.5 Å². The van der Waals surface area contributed by atoms with Gasteiger partial charge in [0.05, 0.1) is 13.2 Å². The third kappa shape index (κ3) is 3.59. The molecule has 0 radical (unpaired) electrons. The van der Waals surface area contributed by atoms with Gasteiger partial charge in [-0.25, -0.2) is 0 Å².